The van der Waals surface area contributed by atoms with Crippen molar-refractivity contribution in [3.63, 3.8) is 0 Å². The second kappa shape index (κ2) is 5.42. The molecule has 2 aliphatic rings. The minimum atomic E-state index is -0.246. The molecule has 2 fully saturated rings. The van der Waals surface area contributed by atoms with Crippen molar-refractivity contribution in [2.75, 3.05) is 20.2 Å². The minimum Gasteiger partial charge on any atom is -0.497 e. The number of aliphatic hydroxyl groups is 1. The third kappa shape index (κ3) is 2.41. The van der Waals surface area contributed by atoms with Gasteiger partial charge in [0.2, 0.25) is 0 Å². The summed E-state index contributed by atoms with van der Waals surface area (Å²) < 4.78 is 10.9. The summed E-state index contributed by atoms with van der Waals surface area (Å²) in [4.78, 5) is 14.3. The van der Waals surface area contributed by atoms with E-state index in [0.29, 0.717) is 24.0 Å². The van der Waals surface area contributed by atoms with E-state index in [4.69, 9.17) is 9.15 Å². The SMILES string of the molecule is COc1ccc(-c2ccc(C(=O)N3C[C@H]4C[C@H](O)[C@H]4C3)o2)cc1. The molecule has 1 amide bonds. The fourth-order valence-corrected chi connectivity index (χ4v) is 3.56. The lowest BCUT2D eigenvalue weighted by Gasteiger charge is -2.34. The van der Waals surface area contributed by atoms with Crippen LogP contribution in [0.5, 0.6) is 5.75 Å². The predicted octanol–water partition coefficient (Wildman–Crippen LogP) is 2.41. The van der Waals surface area contributed by atoms with Crippen LogP contribution in [-0.4, -0.2) is 42.2 Å². The van der Waals surface area contributed by atoms with Crippen LogP contribution in [0.1, 0.15) is 17.0 Å². The van der Waals surface area contributed by atoms with Gasteiger partial charge in [-0.25, -0.2) is 0 Å². The van der Waals surface area contributed by atoms with Crippen molar-refractivity contribution in [3.8, 4) is 17.1 Å². The maximum Gasteiger partial charge on any atom is 0.289 e. The lowest BCUT2D eigenvalue weighted by atomic mass is 9.74. The number of hydrogen-bond donors (Lipinski definition) is 1. The highest BCUT2D eigenvalue weighted by Crippen LogP contribution is 2.41. The quantitative estimate of drug-likeness (QED) is 0.945. The molecule has 0 radical (unpaired) electrons. The van der Waals surface area contributed by atoms with Crippen molar-refractivity contribution < 1.29 is 19.1 Å². The number of carbonyl (C=O) groups is 1. The van der Waals surface area contributed by atoms with Gasteiger partial charge in [-0.15, -0.1) is 0 Å². The first-order chi connectivity index (χ1) is 11.2. The average Bonchev–Trinajstić information content (AvgIpc) is 3.19. The zero-order valence-electron chi connectivity index (χ0n) is 12.9. The monoisotopic (exact) mass is 313 g/mol. The van der Waals surface area contributed by atoms with E-state index in [1.165, 1.54) is 0 Å². The first-order valence-corrected chi connectivity index (χ1v) is 7.87. The van der Waals surface area contributed by atoms with Gasteiger partial charge in [0.15, 0.2) is 5.76 Å². The summed E-state index contributed by atoms with van der Waals surface area (Å²) in [5.41, 5.74) is 0.904. The molecule has 1 aliphatic carbocycles. The van der Waals surface area contributed by atoms with E-state index >= 15 is 0 Å². The summed E-state index contributed by atoms with van der Waals surface area (Å²) in [5.74, 6) is 2.40. The third-order valence-electron chi connectivity index (χ3n) is 5.01. The van der Waals surface area contributed by atoms with E-state index in [1.54, 1.807) is 18.1 Å². The van der Waals surface area contributed by atoms with Crippen LogP contribution in [0, 0.1) is 11.8 Å². The second-order valence-corrected chi connectivity index (χ2v) is 6.33. The van der Waals surface area contributed by atoms with Crippen LogP contribution >= 0.6 is 0 Å². The Morgan fingerprint density at radius 2 is 2.00 bits per heavy atom. The van der Waals surface area contributed by atoms with Gasteiger partial charge < -0.3 is 19.2 Å². The van der Waals surface area contributed by atoms with Gasteiger partial charge in [0.1, 0.15) is 11.5 Å². The fraction of sp³-hybridized carbons (Fsp3) is 0.389. The lowest BCUT2D eigenvalue weighted by molar-refractivity contribution is -0.00427. The van der Waals surface area contributed by atoms with Crippen LogP contribution in [0.2, 0.25) is 0 Å². The van der Waals surface area contributed by atoms with Crippen molar-refractivity contribution in [3.05, 3.63) is 42.2 Å². The van der Waals surface area contributed by atoms with Gasteiger partial charge in [-0.1, -0.05) is 0 Å². The standard InChI is InChI=1S/C18H19NO4/c1-22-13-4-2-11(3-5-13)16-6-7-17(23-16)18(21)19-9-12-8-15(20)14(12)10-19/h2-7,12,14-15,20H,8-10H2,1H3/t12-,14+,15+/m1/s1. The number of amides is 1. The molecule has 1 aromatic heterocycles. The number of fused-ring (bicyclic) bond motifs is 1. The average molecular weight is 313 g/mol. The lowest BCUT2D eigenvalue weighted by Crippen LogP contribution is -2.39. The number of hydrogen-bond acceptors (Lipinski definition) is 4. The molecule has 1 saturated heterocycles. The fourth-order valence-electron chi connectivity index (χ4n) is 3.56. The third-order valence-corrected chi connectivity index (χ3v) is 5.01. The Hall–Kier alpha value is -2.27. The molecule has 3 atom stereocenters. The Morgan fingerprint density at radius 3 is 2.65 bits per heavy atom. The molecule has 23 heavy (non-hydrogen) atoms. The van der Waals surface area contributed by atoms with E-state index in [0.717, 1.165) is 24.3 Å². The summed E-state index contributed by atoms with van der Waals surface area (Å²) in [6.45, 7) is 1.35. The summed E-state index contributed by atoms with van der Waals surface area (Å²) in [7, 11) is 1.62. The highest BCUT2D eigenvalue weighted by Gasteiger charge is 2.47. The smallest absolute Gasteiger partial charge is 0.289 e. The second-order valence-electron chi connectivity index (χ2n) is 6.33. The molecule has 4 rings (SSSR count). The van der Waals surface area contributed by atoms with Gasteiger partial charge in [-0.3, -0.25) is 4.79 Å². The van der Waals surface area contributed by atoms with Gasteiger partial charge in [-0.05, 0) is 48.7 Å². The molecular formula is C18H19NO4. The van der Waals surface area contributed by atoms with Crippen molar-refractivity contribution in [2.45, 2.75) is 12.5 Å². The van der Waals surface area contributed by atoms with Crippen LogP contribution in [0.25, 0.3) is 11.3 Å². The molecule has 5 nitrogen and oxygen atoms in total. The number of likely N-dealkylation sites (tertiary alicyclic amines) is 1. The van der Waals surface area contributed by atoms with Crippen LogP contribution in [0.3, 0.4) is 0 Å². The highest BCUT2D eigenvalue weighted by molar-refractivity contribution is 5.92. The summed E-state index contributed by atoms with van der Waals surface area (Å²) >= 11 is 0. The van der Waals surface area contributed by atoms with Gasteiger partial charge in [0.05, 0.1) is 13.2 Å². The van der Waals surface area contributed by atoms with Crippen molar-refractivity contribution in [2.24, 2.45) is 11.8 Å². The molecule has 120 valence electrons. The van der Waals surface area contributed by atoms with Gasteiger partial charge in [-0.2, -0.15) is 0 Å². The Bertz CT molecular complexity index is 721. The number of nitrogens with zero attached hydrogens (tertiary/aromatic N) is 1. The van der Waals surface area contributed by atoms with Gasteiger partial charge in [0, 0.05) is 24.6 Å². The van der Waals surface area contributed by atoms with E-state index in [1.807, 2.05) is 30.3 Å². The molecule has 2 heterocycles. The van der Waals surface area contributed by atoms with Gasteiger partial charge in [0.25, 0.3) is 5.91 Å². The van der Waals surface area contributed by atoms with E-state index < -0.39 is 0 Å². The Kier molecular flexibility index (Phi) is 3.38. The summed E-state index contributed by atoms with van der Waals surface area (Å²) in [6, 6.07) is 11.1. The molecule has 1 saturated carbocycles. The van der Waals surface area contributed by atoms with E-state index in [9.17, 15) is 9.90 Å². The van der Waals surface area contributed by atoms with Gasteiger partial charge >= 0.3 is 0 Å². The number of ether oxygens (including phenoxy) is 1. The molecule has 1 N–H and O–H groups in total. The molecular weight excluding hydrogens is 294 g/mol. The van der Waals surface area contributed by atoms with Crippen molar-refractivity contribution >= 4 is 5.91 Å². The molecule has 0 unspecified atom stereocenters. The van der Waals surface area contributed by atoms with Crippen molar-refractivity contribution in [1.82, 2.24) is 4.90 Å². The van der Waals surface area contributed by atoms with E-state index in [2.05, 4.69) is 0 Å². The molecule has 0 bridgehead atoms. The summed E-state index contributed by atoms with van der Waals surface area (Å²) in [6.07, 6.45) is 0.563. The number of furan rings is 1. The van der Waals surface area contributed by atoms with Crippen LogP contribution in [0.4, 0.5) is 0 Å². The highest BCUT2D eigenvalue weighted by atomic mass is 16.5. The number of aliphatic hydroxyl groups excluding tert-OH is 1. The Balaban J connectivity index is 1.50. The summed E-state index contributed by atoms with van der Waals surface area (Å²) in [5, 5.41) is 9.71. The molecule has 1 aliphatic heterocycles. The predicted molar refractivity (Wildman–Crippen MR) is 84.2 cm³/mol. The Labute approximate surface area is 134 Å². The minimum absolute atomic E-state index is 0.0913. The molecule has 0 spiro atoms. The van der Waals surface area contributed by atoms with Crippen molar-refractivity contribution in [1.29, 1.82) is 0 Å². The van der Waals surface area contributed by atoms with Crippen LogP contribution < -0.4 is 4.74 Å². The largest absolute Gasteiger partial charge is 0.497 e. The topological polar surface area (TPSA) is 62.9 Å². The molecule has 1 aromatic carbocycles. The maximum absolute atomic E-state index is 12.5. The number of methoxy groups -OCH3 is 1. The normalized spacial score (nSPS) is 25.8. The zero-order chi connectivity index (χ0) is 16.0. The first kappa shape index (κ1) is 14.3. The number of carbonyl (C=O) groups excluding carboxylic acids is 1. The van der Waals surface area contributed by atoms with E-state index in [-0.39, 0.29) is 17.9 Å². The molecule has 5 heteroatoms. The number of benzene rings is 1. The Morgan fingerprint density at radius 1 is 1.22 bits per heavy atom. The van der Waals surface area contributed by atoms with Crippen LogP contribution in [0.15, 0.2) is 40.8 Å². The van der Waals surface area contributed by atoms with Crippen LogP contribution in [-0.2, 0) is 0 Å². The molecule has 2 aromatic rings. The first-order valence-electron chi connectivity index (χ1n) is 7.87. The zero-order valence-corrected chi connectivity index (χ0v) is 12.9. The maximum atomic E-state index is 12.5. The number of rotatable bonds is 3.